The molecule has 1 unspecified atom stereocenters. The zero-order valence-electron chi connectivity index (χ0n) is 54.1. The number of aromatic nitrogens is 3. The first-order valence-electron chi connectivity index (χ1n) is 32.2. The van der Waals surface area contributed by atoms with Crippen LogP contribution < -0.4 is 10.9 Å². The number of benzene rings is 10. The van der Waals surface area contributed by atoms with Crippen molar-refractivity contribution in [2.45, 2.75) is 64.6 Å². The highest BCUT2D eigenvalue weighted by molar-refractivity contribution is 6.91. The molecule has 14 aromatic rings. The van der Waals surface area contributed by atoms with Gasteiger partial charge in [-0.25, -0.2) is 0 Å². The second kappa shape index (κ2) is 15.4. The van der Waals surface area contributed by atoms with Gasteiger partial charge in [0.25, 0.3) is 0 Å². The van der Waals surface area contributed by atoms with Crippen LogP contribution in [-0.4, -0.2) is 20.2 Å². The summed E-state index contributed by atoms with van der Waals surface area (Å²) in [6.07, 6.45) is 2.34. The highest BCUT2D eigenvalue weighted by Gasteiger charge is 2.49. The van der Waals surface area contributed by atoms with Gasteiger partial charge in [0, 0.05) is 60.2 Å². The molecular weight excluding hydrogens is 942 g/mol. The molecule has 6 heterocycles. The van der Waals surface area contributed by atoms with Crippen molar-refractivity contribution in [3.05, 3.63) is 234 Å². The Morgan fingerprint density at radius 1 is 0.462 bits per heavy atom. The third-order valence-corrected chi connectivity index (χ3v) is 17.8. The quantitative estimate of drug-likeness (QED) is 0.153. The minimum absolute atomic E-state index is 0.0760. The Morgan fingerprint density at radius 3 is 1.78 bits per heavy atom. The van der Waals surface area contributed by atoms with E-state index in [0.717, 1.165) is 126 Å². The third kappa shape index (κ3) is 5.85. The molecule has 10 aromatic carbocycles. The second-order valence-electron chi connectivity index (χ2n) is 24.1. The molecule has 78 heavy (non-hydrogen) atoms. The van der Waals surface area contributed by atoms with E-state index in [1.54, 1.807) is 0 Å². The molecule has 3 aliphatic rings. The maximum atomic E-state index is 9.55. The summed E-state index contributed by atoms with van der Waals surface area (Å²) in [7, 11) is 0. The first-order chi connectivity index (χ1) is 42.1. The lowest BCUT2D eigenvalue weighted by molar-refractivity contribution is 0.590. The Hall–Kier alpha value is -8.86. The van der Waals surface area contributed by atoms with E-state index >= 15 is 0 Å². The minimum Gasteiger partial charge on any atom is -0.313 e. The van der Waals surface area contributed by atoms with Gasteiger partial charge in [-0.15, -0.1) is 0 Å². The normalized spacial score (nSPS) is 16.7. The van der Waals surface area contributed by atoms with Crippen molar-refractivity contribution in [1.29, 1.82) is 0 Å². The van der Waals surface area contributed by atoms with Gasteiger partial charge < -0.3 is 13.5 Å². The molecule has 0 bridgehead atoms. The molecule has 1 atom stereocenters. The molecular formula is C74H56BN3. The Balaban J connectivity index is 1.15. The van der Waals surface area contributed by atoms with Crippen LogP contribution in [0, 0.1) is 0 Å². The number of para-hydroxylation sites is 2. The van der Waals surface area contributed by atoms with Gasteiger partial charge in [-0.05, 0) is 137 Å². The summed E-state index contributed by atoms with van der Waals surface area (Å²) in [6.45, 7) is 13.2. The lowest BCUT2D eigenvalue weighted by Gasteiger charge is -2.41. The van der Waals surface area contributed by atoms with Crippen LogP contribution >= 0.6 is 0 Å². The molecule has 4 heteroatoms. The summed E-state index contributed by atoms with van der Waals surface area (Å²) in [4.78, 5) is 0. The fourth-order valence-electron chi connectivity index (χ4n) is 14.4. The van der Waals surface area contributed by atoms with Crippen LogP contribution in [0.25, 0.3) is 126 Å². The van der Waals surface area contributed by atoms with Crippen molar-refractivity contribution < 1.29 is 13.7 Å². The smallest absolute Gasteiger partial charge is 0.226 e. The van der Waals surface area contributed by atoms with Crippen LogP contribution in [0.5, 0.6) is 0 Å². The summed E-state index contributed by atoms with van der Waals surface area (Å²) < 4.78 is 98.0. The first-order valence-corrected chi connectivity index (χ1v) is 27.2. The van der Waals surface area contributed by atoms with E-state index < -0.39 is 36.3 Å². The van der Waals surface area contributed by atoms with Gasteiger partial charge in [0.1, 0.15) is 0 Å². The van der Waals surface area contributed by atoms with Crippen molar-refractivity contribution in [1.82, 2.24) is 13.5 Å². The van der Waals surface area contributed by atoms with Crippen LogP contribution in [0.1, 0.15) is 95.4 Å². The summed E-state index contributed by atoms with van der Waals surface area (Å²) >= 11 is 0. The SMILES string of the molecule is [2H]c1c([2H])c([2H])c(C2=Cc3c4n(c5ccc(-c6c([2H])c([2H])c([2H])c([2H])c6[2H])cc35)-c3c5c(cc6c3c3cccc7c8ccccc8c8ccccc8c8ccccc8n6c73)-n3c6ccc(C(C)(C)C)cc6c6cc(C(C)(C)C)cc(c63)B5C4C2)c([2H])c1[2H]. The molecule has 0 fully saturated rings. The molecule has 0 amide bonds. The van der Waals surface area contributed by atoms with Gasteiger partial charge in [0.2, 0.25) is 6.71 Å². The molecule has 0 spiro atoms. The maximum Gasteiger partial charge on any atom is 0.226 e. The van der Waals surface area contributed by atoms with E-state index in [0.29, 0.717) is 17.6 Å². The molecule has 370 valence electrons. The third-order valence-electron chi connectivity index (χ3n) is 17.8. The van der Waals surface area contributed by atoms with E-state index in [-0.39, 0.29) is 58.7 Å². The number of nitrogens with zero attached hydrogens (tertiary/aromatic N) is 3. The number of fused-ring (bicyclic) bond motifs is 21. The zero-order valence-corrected chi connectivity index (χ0v) is 44.1. The van der Waals surface area contributed by atoms with Crippen LogP contribution in [0.15, 0.2) is 206 Å². The number of rotatable bonds is 2. The first kappa shape index (κ1) is 35.5. The van der Waals surface area contributed by atoms with Gasteiger partial charge in [0.15, 0.2) is 0 Å². The number of hydrogen-bond donors (Lipinski definition) is 0. The highest BCUT2D eigenvalue weighted by Crippen LogP contribution is 2.53. The van der Waals surface area contributed by atoms with Crippen molar-refractivity contribution in [2.24, 2.45) is 0 Å². The number of allylic oxidation sites excluding steroid dienone is 1. The van der Waals surface area contributed by atoms with Crippen LogP contribution in [0.2, 0.25) is 0 Å². The van der Waals surface area contributed by atoms with E-state index in [2.05, 4.69) is 182 Å². The van der Waals surface area contributed by atoms with Crippen LogP contribution in [-0.2, 0) is 10.8 Å². The molecule has 1 aliphatic carbocycles. The van der Waals surface area contributed by atoms with E-state index in [1.165, 1.54) is 11.1 Å². The predicted octanol–water partition coefficient (Wildman–Crippen LogP) is 18.1. The zero-order chi connectivity index (χ0) is 60.8. The number of hydrogen-bond acceptors (Lipinski definition) is 0. The van der Waals surface area contributed by atoms with E-state index in [1.807, 2.05) is 24.3 Å². The Morgan fingerprint density at radius 2 is 1.06 bits per heavy atom. The van der Waals surface area contributed by atoms with Gasteiger partial charge in [-0.3, -0.25) is 0 Å². The Labute approximate surface area is 468 Å². The molecule has 2 aliphatic heterocycles. The lowest BCUT2D eigenvalue weighted by Crippen LogP contribution is -2.56. The van der Waals surface area contributed by atoms with E-state index in [4.69, 9.17) is 8.22 Å². The fraction of sp³-hybridized carbons (Fsp3) is 0.135. The van der Waals surface area contributed by atoms with E-state index in [9.17, 15) is 5.48 Å². The second-order valence-corrected chi connectivity index (χ2v) is 24.1. The molecule has 0 radical (unpaired) electrons. The van der Waals surface area contributed by atoms with Gasteiger partial charge in [0.05, 0.1) is 47.0 Å². The van der Waals surface area contributed by atoms with Gasteiger partial charge in [-0.1, -0.05) is 205 Å². The largest absolute Gasteiger partial charge is 0.313 e. The van der Waals surface area contributed by atoms with Crippen molar-refractivity contribution in [3.63, 3.8) is 0 Å². The van der Waals surface area contributed by atoms with Gasteiger partial charge in [-0.2, -0.15) is 0 Å². The summed E-state index contributed by atoms with van der Waals surface area (Å²) in [5, 5.41) is 11.8. The Bertz CT molecular complexity index is 5660. The monoisotopic (exact) mass is 1010 g/mol. The molecule has 0 N–H and O–H groups in total. The topological polar surface area (TPSA) is 14.3 Å². The molecule has 3 nitrogen and oxygen atoms in total. The lowest BCUT2D eigenvalue weighted by atomic mass is 9.29. The average Bonchev–Trinajstić information content (AvgIpc) is 1.44. The highest BCUT2D eigenvalue weighted by atomic mass is 15.1. The Kier molecular flexibility index (Phi) is 7.01. The van der Waals surface area contributed by atoms with Crippen molar-refractivity contribution >= 4 is 122 Å². The maximum absolute atomic E-state index is 9.55. The average molecular weight is 1010 g/mol. The summed E-state index contributed by atoms with van der Waals surface area (Å²) in [5.41, 5.74) is 15.4. The van der Waals surface area contributed by atoms with Crippen molar-refractivity contribution in [2.75, 3.05) is 0 Å². The predicted molar refractivity (Wildman–Crippen MR) is 334 cm³/mol. The van der Waals surface area contributed by atoms with Crippen molar-refractivity contribution in [3.8, 4) is 22.5 Å². The molecule has 0 saturated heterocycles. The van der Waals surface area contributed by atoms with Crippen LogP contribution in [0.3, 0.4) is 0 Å². The molecule has 17 rings (SSSR count). The van der Waals surface area contributed by atoms with Gasteiger partial charge >= 0.3 is 0 Å². The standard InChI is InChI=1S/C74H56BN3/c1-73(2,3)47-33-35-63-57(39-47)59-40-48(74(4,5)6)41-61-70(59)77(63)66-42-65-67(55-30-19-29-54-52-27-16-14-25-50(52)49-24-13-15-26-51(49)53-28-17-18-31-62(53)76(65)69(54)55)72-68(66)75(61)60-38-46(44-22-11-8-12-23-44)37-58-56-36-45(43-20-9-7-10-21-43)32-34-64(56)78(72)71(58)60/h7-37,39-42,60H,38H2,1-6H3/i7D,8D,9D,10D,11D,12D,20D,21D,22D,23D. The molecule has 4 aromatic heterocycles. The summed E-state index contributed by atoms with van der Waals surface area (Å²) in [6, 6.07) is 49.3. The minimum atomic E-state index is -0.475. The fourth-order valence-corrected chi connectivity index (χ4v) is 14.4. The van der Waals surface area contributed by atoms with Crippen LogP contribution in [0.4, 0.5) is 0 Å². The summed E-state index contributed by atoms with van der Waals surface area (Å²) in [5.74, 6) is -0.387. The molecule has 0 saturated carbocycles.